The van der Waals surface area contributed by atoms with Crippen molar-refractivity contribution in [2.45, 2.75) is 12.5 Å². The molecule has 0 spiro atoms. The van der Waals surface area contributed by atoms with E-state index in [4.69, 9.17) is 0 Å². The van der Waals surface area contributed by atoms with Crippen molar-refractivity contribution in [2.75, 3.05) is 32.8 Å². The number of aliphatic hydroxyl groups excluding tert-OH is 1. The monoisotopic (exact) mass is 370 g/mol. The maximum atomic E-state index is 14.2. The minimum atomic E-state index is -0.572. The Balaban J connectivity index is 0.00000200. The van der Waals surface area contributed by atoms with Gasteiger partial charge in [-0.1, -0.05) is 0 Å². The Morgan fingerprint density at radius 3 is 2.55 bits per heavy atom. The number of rotatable bonds is 4. The standard InChI is InChI=1S/C13H17BrF2N2O.ClH/c14-9-1-2-10(15)12(13(9)16)11(3-8-19)18-6-4-17-5-7-18;/h1-2,11,17,19H,3-8H2;1H/t11-;/m0./s1. The highest BCUT2D eigenvalue weighted by Crippen LogP contribution is 2.32. The third-order valence-electron chi connectivity index (χ3n) is 3.41. The predicted octanol–water partition coefficient (Wildman–Crippen LogP) is 2.48. The fourth-order valence-corrected chi connectivity index (χ4v) is 2.82. The molecule has 1 atom stereocenters. The average molecular weight is 372 g/mol. The molecule has 1 aromatic rings. The van der Waals surface area contributed by atoms with E-state index in [2.05, 4.69) is 21.2 Å². The van der Waals surface area contributed by atoms with E-state index in [1.54, 1.807) is 0 Å². The number of halogens is 4. The van der Waals surface area contributed by atoms with Gasteiger partial charge in [0.25, 0.3) is 0 Å². The summed E-state index contributed by atoms with van der Waals surface area (Å²) >= 11 is 3.09. The van der Waals surface area contributed by atoms with Crippen molar-refractivity contribution >= 4 is 28.3 Å². The Bertz CT molecular complexity index is 445. The third-order valence-corrected chi connectivity index (χ3v) is 4.02. The smallest absolute Gasteiger partial charge is 0.145 e. The Labute approximate surface area is 131 Å². The van der Waals surface area contributed by atoms with Crippen molar-refractivity contribution in [3.63, 3.8) is 0 Å². The molecule has 0 aliphatic carbocycles. The molecule has 20 heavy (non-hydrogen) atoms. The van der Waals surface area contributed by atoms with Gasteiger partial charge in [0.05, 0.1) is 4.47 Å². The lowest BCUT2D eigenvalue weighted by atomic mass is 10.00. The van der Waals surface area contributed by atoms with Crippen LogP contribution in [0.3, 0.4) is 0 Å². The van der Waals surface area contributed by atoms with Crippen molar-refractivity contribution in [1.82, 2.24) is 10.2 Å². The van der Waals surface area contributed by atoms with Gasteiger partial charge in [-0.2, -0.15) is 0 Å². The minimum absolute atomic E-state index is 0. The third kappa shape index (κ3) is 3.89. The Hall–Kier alpha value is -0.270. The zero-order valence-electron chi connectivity index (χ0n) is 10.9. The summed E-state index contributed by atoms with van der Waals surface area (Å²) in [6, 6.07) is 2.20. The quantitative estimate of drug-likeness (QED) is 0.798. The SMILES string of the molecule is Cl.OCC[C@@H](c1c(F)ccc(Br)c1F)N1CCNCC1. The minimum Gasteiger partial charge on any atom is -0.396 e. The average Bonchev–Trinajstić information content (AvgIpc) is 2.43. The Kier molecular flexibility index (Phi) is 7.33. The molecule has 2 rings (SSSR count). The van der Waals surface area contributed by atoms with Crippen molar-refractivity contribution < 1.29 is 13.9 Å². The predicted molar refractivity (Wildman–Crippen MR) is 80.2 cm³/mol. The van der Waals surface area contributed by atoms with E-state index in [1.807, 2.05) is 4.90 Å². The largest absolute Gasteiger partial charge is 0.396 e. The molecule has 7 heteroatoms. The number of hydrogen-bond donors (Lipinski definition) is 2. The van der Waals surface area contributed by atoms with Gasteiger partial charge in [0, 0.05) is 44.4 Å². The Morgan fingerprint density at radius 1 is 1.30 bits per heavy atom. The second-order valence-electron chi connectivity index (χ2n) is 4.57. The van der Waals surface area contributed by atoms with Gasteiger partial charge in [-0.05, 0) is 34.5 Å². The first-order valence-electron chi connectivity index (χ1n) is 6.34. The zero-order valence-corrected chi connectivity index (χ0v) is 13.3. The van der Waals surface area contributed by atoms with Crippen LogP contribution in [0.1, 0.15) is 18.0 Å². The first-order chi connectivity index (χ1) is 9.15. The van der Waals surface area contributed by atoms with Crippen molar-refractivity contribution in [1.29, 1.82) is 0 Å². The van der Waals surface area contributed by atoms with E-state index < -0.39 is 17.7 Å². The summed E-state index contributed by atoms with van der Waals surface area (Å²) in [4.78, 5) is 2.01. The summed E-state index contributed by atoms with van der Waals surface area (Å²) < 4.78 is 28.4. The van der Waals surface area contributed by atoms with Gasteiger partial charge < -0.3 is 10.4 Å². The second kappa shape index (κ2) is 8.24. The van der Waals surface area contributed by atoms with Gasteiger partial charge >= 0.3 is 0 Å². The number of hydrogen-bond acceptors (Lipinski definition) is 3. The lowest BCUT2D eigenvalue weighted by molar-refractivity contribution is 0.135. The van der Waals surface area contributed by atoms with Crippen molar-refractivity contribution in [2.24, 2.45) is 0 Å². The maximum absolute atomic E-state index is 14.2. The summed E-state index contributed by atoms with van der Waals surface area (Å²) in [7, 11) is 0. The van der Waals surface area contributed by atoms with Crippen LogP contribution in [0.2, 0.25) is 0 Å². The van der Waals surface area contributed by atoms with Crippen LogP contribution in [0, 0.1) is 11.6 Å². The molecule has 0 saturated carbocycles. The van der Waals surface area contributed by atoms with Gasteiger partial charge in [-0.25, -0.2) is 8.78 Å². The van der Waals surface area contributed by atoms with E-state index >= 15 is 0 Å². The van der Waals surface area contributed by atoms with Crippen LogP contribution < -0.4 is 5.32 Å². The number of nitrogens with one attached hydrogen (secondary N) is 1. The number of aliphatic hydroxyl groups is 1. The van der Waals surface area contributed by atoms with Crippen LogP contribution in [-0.4, -0.2) is 42.8 Å². The zero-order chi connectivity index (χ0) is 13.8. The molecule has 1 aromatic carbocycles. The molecule has 1 heterocycles. The molecule has 1 aliphatic rings. The van der Waals surface area contributed by atoms with Crippen LogP contribution in [0.4, 0.5) is 8.78 Å². The van der Waals surface area contributed by atoms with Crippen molar-refractivity contribution in [3.8, 4) is 0 Å². The molecule has 0 radical (unpaired) electrons. The summed E-state index contributed by atoms with van der Waals surface area (Å²) in [6.45, 7) is 2.92. The van der Waals surface area contributed by atoms with E-state index in [0.717, 1.165) is 26.2 Å². The number of benzene rings is 1. The van der Waals surface area contributed by atoms with Crippen molar-refractivity contribution in [3.05, 3.63) is 33.8 Å². The van der Waals surface area contributed by atoms with Crippen LogP contribution in [0.25, 0.3) is 0 Å². The molecule has 0 bridgehead atoms. The lowest BCUT2D eigenvalue weighted by Crippen LogP contribution is -2.45. The molecule has 0 unspecified atom stereocenters. The molecule has 1 saturated heterocycles. The van der Waals surface area contributed by atoms with Gasteiger partial charge in [-0.15, -0.1) is 12.4 Å². The highest BCUT2D eigenvalue weighted by molar-refractivity contribution is 9.10. The van der Waals surface area contributed by atoms with Crippen LogP contribution >= 0.6 is 28.3 Å². The van der Waals surface area contributed by atoms with E-state index in [9.17, 15) is 13.9 Å². The fourth-order valence-electron chi connectivity index (χ4n) is 2.47. The normalized spacial score (nSPS) is 17.6. The topological polar surface area (TPSA) is 35.5 Å². The number of piperazine rings is 1. The number of nitrogens with zero attached hydrogens (tertiary/aromatic N) is 1. The molecule has 1 fully saturated rings. The summed E-state index contributed by atoms with van der Waals surface area (Å²) in [5, 5.41) is 12.4. The summed E-state index contributed by atoms with van der Waals surface area (Å²) in [5.74, 6) is -1.13. The molecule has 0 amide bonds. The molecular formula is C13H18BrClF2N2O. The molecule has 114 valence electrons. The summed E-state index contributed by atoms with van der Waals surface area (Å²) in [5.41, 5.74) is 0.0466. The lowest BCUT2D eigenvalue weighted by Gasteiger charge is -2.35. The first kappa shape index (κ1) is 17.8. The van der Waals surface area contributed by atoms with Gasteiger partial charge in [0.15, 0.2) is 0 Å². The van der Waals surface area contributed by atoms with Crippen LogP contribution in [-0.2, 0) is 0 Å². The highest BCUT2D eigenvalue weighted by atomic mass is 79.9. The van der Waals surface area contributed by atoms with E-state index in [0.29, 0.717) is 6.42 Å². The molecule has 2 N–H and O–H groups in total. The Morgan fingerprint density at radius 2 is 1.95 bits per heavy atom. The van der Waals surface area contributed by atoms with Gasteiger partial charge in [0.2, 0.25) is 0 Å². The van der Waals surface area contributed by atoms with Gasteiger partial charge in [0.1, 0.15) is 11.6 Å². The molecular weight excluding hydrogens is 354 g/mol. The maximum Gasteiger partial charge on any atom is 0.145 e. The van der Waals surface area contributed by atoms with Crippen LogP contribution in [0.5, 0.6) is 0 Å². The van der Waals surface area contributed by atoms with Gasteiger partial charge in [-0.3, -0.25) is 4.90 Å². The second-order valence-corrected chi connectivity index (χ2v) is 5.43. The molecule has 0 aromatic heterocycles. The fraction of sp³-hybridized carbons (Fsp3) is 0.538. The molecule has 3 nitrogen and oxygen atoms in total. The van der Waals surface area contributed by atoms with Crippen LogP contribution in [0.15, 0.2) is 16.6 Å². The first-order valence-corrected chi connectivity index (χ1v) is 7.13. The molecule has 1 aliphatic heterocycles. The summed E-state index contributed by atoms with van der Waals surface area (Å²) in [6.07, 6.45) is 0.324. The van der Waals surface area contributed by atoms with E-state index in [1.165, 1.54) is 12.1 Å². The highest BCUT2D eigenvalue weighted by Gasteiger charge is 2.27. The van der Waals surface area contributed by atoms with E-state index in [-0.39, 0.29) is 29.1 Å².